The number of aromatic nitrogens is 1. The number of nitrogens with zero attached hydrogens (tertiary/aromatic N) is 2. The lowest BCUT2D eigenvalue weighted by Crippen LogP contribution is -2.45. The maximum Gasteiger partial charge on any atom is 0.279 e. The first-order valence-electron chi connectivity index (χ1n) is 11.0. The number of rotatable bonds is 3. The van der Waals surface area contributed by atoms with Crippen LogP contribution in [0.4, 0.5) is 14.5 Å². The van der Waals surface area contributed by atoms with Gasteiger partial charge in [0.15, 0.2) is 11.4 Å². The number of halogens is 3. The maximum atomic E-state index is 14.6. The highest BCUT2D eigenvalue weighted by Gasteiger charge is 2.39. The number of pyridine rings is 1. The highest BCUT2D eigenvalue weighted by atomic mass is 35.5. The van der Waals surface area contributed by atoms with Gasteiger partial charge in [-0.2, -0.15) is 0 Å². The summed E-state index contributed by atoms with van der Waals surface area (Å²) in [5, 5.41) is 13.1. The van der Waals surface area contributed by atoms with Crippen LogP contribution in [0.5, 0.6) is 5.75 Å². The summed E-state index contributed by atoms with van der Waals surface area (Å²) in [5.74, 6) is -3.69. The Morgan fingerprint density at radius 2 is 2.00 bits per heavy atom. The highest BCUT2D eigenvalue weighted by molar-refractivity contribution is 6.31. The summed E-state index contributed by atoms with van der Waals surface area (Å²) >= 11 is 5.93. The molecule has 3 heterocycles. The number of aromatic hydroxyl groups is 1. The summed E-state index contributed by atoms with van der Waals surface area (Å²) in [6.07, 6.45) is 2.18. The van der Waals surface area contributed by atoms with Gasteiger partial charge in [0, 0.05) is 24.8 Å². The van der Waals surface area contributed by atoms with E-state index in [1.165, 1.54) is 27.8 Å². The van der Waals surface area contributed by atoms with Crippen LogP contribution in [0.1, 0.15) is 50.0 Å². The Kier molecular flexibility index (Phi) is 5.59. The number of benzene rings is 2. The molecule has 2 aliphatic rings. The van der Waals surface area contributed by atoms with E-state index in [9.17, 15) is 28.3 Å². The van der Waals surface area contributed by atoms with Gasteiger partial charge >= 0.3 is 0 Å². The third-order valence-corrected chi connectivity index (χ3v) is 7.04. The van der Waals surface area contributed by atoms with Crippen molar-refractivity contribution in [2.45, 2.75) is 32.4 Å². The lowest BCUT2D eigenvalue weighted by molar-refractivity contribution is 0.0929. The first kappa shape index (κ1) is 23.0. The molecule has 1 unspecified atom stereocenters. The lowest BCUT2D eigenvalue weighted by Gasteiger charge is -2.35. The van der Waals surface area contributed by atoms with Gasteiger partial charge in [-0.1, -0.05) is 35.9 Å². The SMILES string of the molecule is Cc1ccc(CNC(=O)c2cn3c(c(O)c2=O)C(=O)N2CC3CCc3cccc(F)c32)c(F)c1Cl. The number of para-hydroxylation sites is 1. The Bertz CT molecular complexity index is 1470. The minimum absolute atomic E-state index is 0.0582. The van der Waals surface area contributed by atoms with Crippen LogP contribution >= 0.6 is 11.6 Å². The largest absolute Gasteiger partial charge is 0.503 e. The minimum Gasteiger partial charge on any atom is -0.503 e. The number of hydrogen-bond acceptors (Lipinski definition) is 4. The van der Waals surface area contributed by atoms with Crippen molar-refractivity contribution in [3.05, 3.63) is 91.4 Å². The van der Waals surface area contributed by atoms with Crippen LogP contribution in [0.15, 0.2) is 41.3 Å². The van der Waals surface area contributed by atoms with E-state index < -0.39 is 40.7 Å². The molecule has 0 saturated heterocycles. The second-order valence-corrected chi connectivity index (χ2v) is 9.06. The molecule has 7 nitrogen and oxygen atoms in total. The monoisotopic (exact) mass is 499 g/mol. The third kappa shape index (κ3) is 3.67. The molecule has 1 aromatic heterocycles. The summed E-state index contributed by atoms with van der Waals surface area (Å²) in [6, 6.07) is 7.23. The number of nitrogens with one attached hydrogen (secondary N) is 1. The summed E-state index contributed by atoms with van der Waals surface area (Å²) in [7, 11) is 0. The molecule has 2 aromatic carbocycles. The molecule has 0 aliphatic carbocycles. The van der Waals surface area contributed by atoms with E-state index in [0.29, 0.717) is 24.0 Å². The summed E-state index contributed by atoms with van der Waals surface area (Å²) in [6.45, 7) is 1.53. The van der Waals surface area contributed by atoms with Crippen molar-refractivity contribution in [3.8, 4) is 5.75 Å². The standard InChI is InChI=1S/C25H20ClF2N3O4/c1-12-5-6-14(19(28)18(12)26)9-29-24(34)16-11-30-15-8-7-13-3-2-4-17(27)20(13)31(10-15)25(35)21(30)23(33)22(16)32/h2-6,11,15,33H,7-10H2,1H3,(H,29,34). The lowest BCUT2D eigenvalue weighted by atomic mass is 10.0. The van der Waals surface area contributed by atoms with Gasteiger partial charge in [-0.25, -0.2) is 8.78 Å². The number of fused-ring (bicyclic) bond motifs is 6. The van der Waals surface area contributed by atoms with Crippen molar-refractivity contribution in [1.29, 1.82) is 0 Å². The van der Waals surface area contributed by atoms with Crippen molar-refractivity contribution in [1.82, 2.24) is 9.88 Å². The average Bonchev–Trinajstić information content (AvgIpc) is 3.01. The smallest absolute Gasteiger partial charge is 0.279 e. The molecule has 2 aliphatic heterocycles. The molecule has 0 saturated carbocycles. The van der Waals surface area contributed by atoms with Crippen LogP contribution in [0.3, 0.4) is 0 Å². The van der Waals surface area contributed by atoms with Gasteiger partial charge in [-0.15, -0.1) is 0 Å². The van der Waals surface area contributed by atoms with Crippen molar-refractivity contribution < 1.29 is 23.5 Å². The van der Waals surface area contributed by atoms with Crippen LogP contribution in [0.2, 0.25) is 5.02 Å². The first-order valence-corrected chi connectivity index (χ1v) is 11.4. The van der Waals surface area contributed by atoms with Gasteiger partial charge in [0.25, 0.3) is 11.8 Å². The fourth-order valence-corrected chi connectivity index (χ4v) is 4.88. The zero-order chi connectivity index (χ0) is 25.0. The maximum absolute atomic E-state index is 14.6. The molecule has 5 rings (SSSR count). The second kappa shape index (κ2) is 8.49. The van der Waals surface area contributed by atoms with Gasteiger partial charge < -0.3 is 19.9 Å². The number of carbonyl (C=O) groups excluding carboxylic acids is 2. The molecule has 3 aromatic rings. The van der Waals surface area contributed by atoms with Crippen LogP contribution in [-0.2, 0) is 13.0 Å². The zero-order valence-corrected chi connectivity index (χ0v) is 19.3. The van der Waals surface area contributed by atoms with Crippen molar-refractivity contribution in [2.24, 2.45) is 0 Å². The highest BCUT2D eigenvalue weighted by Crippen LogP contribution is 2.38. The molecule has 10 heteroatoms. The predicted molar refractivity (Wildman–Crippen MR) is 125 cm³/mol. The molecule has 1 atom stereocenters. The number of aryl methyl sites for hydroxylation is 2. The molecule has 35 heavy (non-hydrogen) atoms. The summed E-state index contributed by atoms with van der Waals surface area (Å²) < 4.78 is 30.4. The Hall–Kier alpha value is -3.72. The molecular formula is C25H20ClF2N3O4. The Morgan fingerprint density at radius 3 is 2.77 bits per heavy atom. The fourth-order valence-electron chi connectivity index (χ4n) is 4.69. The van der Waals surface area contributed by atoms with E-state index in [0.717, 1.165) is 0 Å². The Labute approximate surface area is 203 Å². The summed E-state index contributed by atoms with van der Waals surface area (Å²) in [5.41, 5.74) is -0.272. The van der Waals surface area contributed by atoms with E-state index in [2.05, 4.69) is 5.32 Å². The van der Waals surface area contributed by atoms with Crippen molar-refractivity contribution in [3.63, 3.8) is 0 Å². The topological polar surface area (TPSA) is 91.6 Å². The molecule has 180 valence electrons. The molecule has 2 N–H and O–H groups in total. The summed E-state index contributed by atoms with van der Waals surface area (Å²) in [4.78, 5) is 40.2. The van der Waals surface area contributed by atoms with E-state index in [1.54, 1.807) is 25.1 Å². The minimum atomic E-state index is -1.04. The number of hydrogen-bond donors (Lipinski definition) is 2. The van der Waals surface area contributed by atoms with Gasteiger partial charge in [0.2, 0.25) is 5.43 Å². The third-order valence-electron chi connectivity index (χ3n) is 6.57. The van der Waals surface area contributed by atoms with E-state index >= 15 is 0 Å². The van der Waals surface area contributed by atoms with Crippen LogP contribution in [-0.4, -0.2) is 28.0 Å². The van der Waals surface area contributed by atoms with Crippen molar-refractivity contribution in [2.75, 3.05) is 11.4 Å². The van der Waals surface area contributed by atoms with Crippen LogP contribution in [0.25, 0.3) is 0 Å². The molecule has 0 spiro atoms. The molecular weight excluding hydrogens is 480 g/mol. The number of amides is 2. The Morgan fingerprint density at radius 1 is 1.23 bits per heavy atom. The molecule has 2 bridgehead atoms. The van der Waals surface area contributed by atoms with Gasteiger partial charge in [0.05, 0.1) is 16.8 Å². The normalized spacial score (nSPS) is 16.4. The first-order chi connectivity index (χ1) is 16.7. The van der Waals surface area contributed by atoms with Gasteiger partial charge in [-0.3, -0.25) is 14.4 Å². The fraction of sp³-hybridized carbons (Fsp3) is 0.240. The van der Waals surface area contributed by atoms with E-state index in [4.69, 9.17) is 11.6 Å². The second-order valence-electron chi connectivity index (χ2n) is 8.68. The number of anilines is 1. The zero-order valence-electron chi connectivity index (χ0n) is 18.6. The van der Waals surface area contributed by atoms with Crippen LogP contribution < -0.4 is 15.6 Å². The predicted octanol–water partition coefficient (Wildman–Crippen LogP) is 3.87. The molecule has 0 radical (unpaired) electrons. The Balaban J connectivity index is 1.50. The average molecular weight is 500 g/mol. The van der Waals surface area contributed by atoms with Gasteiger partial charge in [0.1, 0.15) is 17.2 Å². The quantitative estimate of drug-likeness (QED) is 0.572. The number of carbonyl (C=O) groups is 2. The van der Waals surface area contributed by atoms with Crippen LogP contribution in [0, 0.1) is 18.6 Å². The molecule has 0 fully saturated rings. The molecule has 2 amide bonds. The van der Waals surface area contributed by atoms with Gasteiger partial charge in [-0.05, 0) is 37.0 Å². The van der Waals surface area contributed by atoms with E-state index in [-0.39, 0.29) is 40.6 Å². The van der Waals surface area contributed by atoms with Crippen molar-refractivity contribution >= 4 is 29.1 Å². The van der Waals surface area contributed by atoms with E-state index in [1.807, 2.05) is 0 Å².